The molecule has 4 rings (SSSR count). The van der Waals surface area contributed by atoms with Crippen molar-refractivity contribution >= 4 is 0 Å². The lowest BCUT2D eigenvalue weighted by Crippen LogP contribution is -2.55. The van der Waals surface area contributed by atoms with Crippen LogP contribution in [0.3, 0.4) is 0 Å². The number of aryl methyl sites for hydroxylation is 2. The standard InChI is InChI=1S/C27H36O5/c1-16-9-22-18(11-20(16)29)24(3,4)13-27(31-22)14-25(5,6)19-12-21(30-26(7,8)15-28)17(2)10-23(19)32-27/h9-12,28-29H,13-15H2,1-8H3. The van der Waals surface area contributed by atoms with Crippen LogP contribution in [0.4, 0.5) is 0 Å². The molecule has 32 heavy (non-hydrogen) atoms. The maximum absolute atomic E-state index is 10.3. The molecule has 5 heteroatoms. The molecule has 0 saturated carbocycles. The zero-order valence-corrected chi connectivity index (χ0v) is 20.5. The number of aliphatic hydroxyl groups is 1. The first-order chi connectivity index (χ1) is 14.7. The highest BCUT2D eigenvalue weighted by atomic mass is 16.7. The van der Waals surface area contributed by atoms with Gasteiger partial charge in [-0.15, -0.1) is 0 Å². The fourth-order valence-corrected chi connectivity index (χ4v) is 5.16. The van der Waals surface area contributed by atoms with E-state index >= 15 is 0 Å². The minimum atomic E-state index is -0.796. The first-order valence-corrected chi connectivity index (χ1v) is 11.3. The summed E-state index contributed by atoms with van der Waals surface area (Å²) in [6.07, 6.45) is 1.36. The molecule has 1 atom stereocenters. The van der Waals surface area contributed by atoms with Gasteiger partial charge >= 0.3 is 0 Å². The molecular weight excluding hydrogens is 404 g/mol. The van der Waals surface area contributed by atoms with E-state index in [0.29, 0.717) is 18.6 Å². The van der Waals surface area contributed by atoms with Crippen molar-refractivity contribution in [2.24, 2.45) is 0 Å². The molecule has 2 heterocycles. The van der Waals surface area contributed by atoms with Gasteiger partial charge in [-0.05, 0) is 63.1 Å². The molecule has 0 aliphatic carbocycles. The molecule has 174 valence electrons. The normalized spacial score (nSPS) is 23.0. The number of fused-ring (bicyclic) bond motifs is 2. The van der Waals surface area contributed by atoms with Crippen molar-refractivity contribution in [3.05, 3.63) is 46.5 Å². The van der Waals surface area contributed by atoms with Crippen molar-refractivity contribution in [2.45, 2.75) is 90.4 Å². The molecule has 2 N–H and O–H groups in total. The van der Waals surface area contributed by atoms with Gasteiger partial charge in [0, 0.05) is 34.8 Å². The first kappa shape index (κ1) is 22.8. The Morgan fingerprint density at radius 2 is 1.38 bits per heavy atom. The molecule has 2 aliphatic heterocycles. The van der Waals surface area contributed by atoms with Crippen molar-refractivity contribution in [1.29, 1.82) is 0 Å². The first-order valence-electron chi connectivity index (χ1n) is 11.3. The summed E-state index contributed by atoms with van der Waals surface area (Å²) in [5.74, 6) is 1.84. The van der Waals surface area contributed by atoms with Crippen LogP contribution < -0.4 is 14.2 Å². The minimum absolute atomic E-state index is 0.0656. The lowest BCUT2D eigenvalue weighted by atomic mass is 9.69. The van der Waals surface area contributed by atoms with E-state index in [2.05, 4.69) is 33.8 Å². The van der Waals surface area contributed by atoms with E-state index in [1.165, 1.54) is 0 Å². The summed E-state index contributed by atoms with van der Waals surface area (Å²) in [5, 5.41) is 19.9. The van der Waals surface area contributed by atoms with Crippen LogP contribution in [-0.2, 0) is 10.8 Å². The van der Waals surface area contributed by atoms with Gasteiger partial charge in [-0.2, -0.15) is 0 Å². The second-order valence-electron chi connectivity index (χ2n) is 11.5. The van der Waals surface area contributed by atoms with E-state index in [1.807, 2.05) is 45.9 Å². The second-order valence-corrected chi connectivity index (χ2v) is 11.5. The van der Waals surface area contributed by atoms with Crippen LogP contribution >= 0.6 is 0 Å². The van der Waals surface area contributed by atoms with Crippen molar-refractivity contribution < 1.29 is 24.4 Å². The molecule has 2 aromatic rings. The molecule has 0 saturated heterocycles. The molecule has 2 aliphatic rings. The molecule has 1 unspecified atom stereocenters. The summed E-state index contributed by atoms with van der Waals surface area (Å²) in [5.41, 5.74) is 2.71. The van der Waals surface area contributed by atoms with Gasteiger partial charge in [0.15, 0.2) is 0 Å². The van der Waals surface area contributed by atoms with Crippen LogP contribution in [0.1, 0.15) is 76.6 Å². The number of phenolic OH excluding ortho intramolecular Hbond substituents is 1. The van der Waals surface area contributed by atoms with Gasteiger partial charge in [-0.3, -0.25) is 0 Å². The Labute approximate surface area is 191 Å². The average Bonchev–Trinajstić information content (AvgIpc) is 2.63. The Hall–Kier alpha value is -2.40. The molecule has 1 spiro atoms. The molecule has 0 bridgehead atoms. The number of rotatable bonds is 3. The Kier molecular flexibility index (Phi) is 5.02. The summed E-state index contributed by atoms with van der Waals surface area (Å²) in [6, 6.07) is 7.82. The zero-order valence-electron chi connectivity index (χ0n) is 20.5. The molecule has 0 radical (unpaired) electrons. The van der Waals surface area contributed by atoms with E-state index in [0.717, 1.165) is 39.5 Å². The molecular formula is C27H36O5. The quantitative estimate of drug-likeness (QED) is 0.643. The zero-order chi connectivity index (χ0) is 23.7. The van der Waals surface area contributed by atoms with Gasteiger partial charge in [-0.25, -0.2) is 0 Å². The summed E-state index contributed by atoms with van der Waals surface area (Å²) in [7, 11) is 0. The third kappa shape index (κ3) is 3.81. The fourth-order valence-electron chi connectivity index (χ4n) is 5.16. The van der Waals surface area contributed by atoms with Crippen molar-refractivity contribution in [1.82, 2.24) is 0 Å². The maximum Gasteiger partial charge on any atom is 0.252 e. The molecule has 5 nitrogen and oxygen atoms in total. The van der Waals surface area contributed by atoms with Gasteiger partial charge in [0.25, 0.3) is 5.79 Å². The maximum atomic E-state index is 10.3. The van der Waals surface area contributed by atoms with Crippen molar-refractivity contribution in [3.63, 3.8) is 0 Å². The SMILES string of the molecule is Cc1cc2c(cc1O)C(C)(C)CC1(CC(C)(C)c3cc(OC(C)(C)CO)c(C)cc3O1)O2. The Morgan fingerprint density at radius 1 is 0.875 bits per heavy atom. The summed E-state index contributed by atoms with van der Waals surface area (Å²) >= 11 is 0. The highest BCUT2D eigenvalue weighted by Crippen LogP contribution is 2.55. The van der Waals surface area contributed by atoms with Crippen LogP contribution in [0.5, 0.6) is 23.0 Å². The number of hydrogen-bond donors (Lipinski definition) is 2. The molecule has 0 fully saturated rings. The van der Waals surface area contributed by atoms with Crippen LogP contribution in [0.15, 0.2) is 24.3 Å². The molecule has 2 aromatic carbocycles. The van der Waals surface area contributed by atoms with Crippen LogP contribution in [0.2, 0.25) is 0 Å². The van der Waals surface area contributed by atoms with Crippen molar-refractivity contribution in [3.8, 4) is 23.0 Å². The number of benzene rings is 2. The van der Waals surface area contributed by atoms with Gasteiger partial charge in [0.1, 0.15) is 28.6 Å². The van der Waals surface area contributed by atoms with E-state index in [1.54, 1.807) is 0 Å². The van der Waals surface area contributed by atoms with E-state index in [-0.39, 0.29) is 17.4 Å². The van der Waals surface area contributed by atoms with Crippen LogP contribution in [-0.4, -0.2) is 28.2 Å². The van der Waals surface area contributed by atoms with E-state index in [4.69, 9.17) is 14.2 Å². The third-order valence-electron chi connectivity index (χ3n) is 6.82. The number of hydrogen-bond acceptors (Lipinski definition) is 5. The summed E-state index contributed by atoms with van der Waals surface area (Å²) in [4.78, 5) is 0. The monoisotopic (exact) mass is 440 g/mol. The smallest absolute Gasteiger partial charge is 0.252 e. The summed E-state index contributed by atoms with van der Waals surface area (Å²) < 4.78 is 19.4. The second kappa shape index (κ2) is 7.05. The number of ether oxygens (including phenoxy) is 3. The Balaban J connectivity index is 1.77. The Morgan fingerprint density at radius 3 is 1.91 bits per heavy atom. The van der Waals surface area contributed by atoms with E-state index in [9.17, 15) is 10.2 Å². The molecule has 0 aromatic heterocycles. The van der Waals surface area contributed by atoms with Crippen LogP contribution in [0, 0.1) is 13.8 Å². The van der Waals surface area contributed by atoms with Gasteiger partial charge < -0.3 is 24.4 Å². The highest BCUT2D eigenvalue weighted by Gasteiger charge is 2.53. The minimum Gasteiger partial charge on any atom is -0.508 e. The Bertz CT molecular complexity index is 1070. The topological polar surface area (TPSA) is 68.2 Å². The fraction of sp³-hybridized carbons (Fsp3) is 0.556. The number of aromatic hydroxyl groups is 1. The van der Waals surface area contributed by atoms with Gasteiger partial charge in [-0.1, -0.05) is 27.7 Å². The van der Waals surface area contributed by atoms with Crippen molar-refractivity contribution in [2.75, 3.05) is 6.61 Å². The lowest BCUT2D eigenvalue weighted by Gasteiger charge is -2.51. The van der Waals surface area contributed by atoms with E-state index < -0.39 is 11.4 Å². The highest BCUT2D eigenvalue weighted by molar-refractivity contribution is 5.53. The predicted octanol–water partition coefficient (Wildman–Crippen LogP) is 5.68. The molecule has 0 amide bonds. The number of phenols is 1. The van der Waals surface area contributed by atoms with Gasteiger partial charge in [0.2, 0.25) is 0 Å². The lowest BCUT2D eigenvalue weighted by molar-refractivity contribution is -0.166. The summed E-state index contributed by atoms with van der Waals surface area (Å²) in [6.45, 7) is 16.3. The average molecular weight is 441 g/mol. The predicted molar refractivity (Wildman–Crippen MR) is 125 cm³/mol. The number of aliphatic hydroxyl groups excluding tert-OH is 1. The van der Waals surface area contributed by atoms with Gasteiger partial charge in [0.05, 0.1) is 6.61 Å². The van der Waals surface area contributed by atoms with Crippen LogP contribution in [0.25, 0.3) is 0 Å². The largest absolute Gasteiger partial charge is 0.508 e. The third-order valence-corrected chi connectivity index (χ3v) is 6.82.